The van der Waals surface area contributed by atoms with Crippen LogP contribution in [0.15, 0.2) is 54.7 Å². The van der Waals surface area contributed by atoms with Gasteiger partial charge in [-0.2, -0.15) is 0 Å². The average molecular weight is 372 g/mol. The number of carboxylic acid groups (broad SMARTS) is 1. The highest BCUT2D eigenvalue weighted by molar-refractivity contribution is 5.91. The van der Waals surface area contributed by atoms with Crippen LogP contribution in [0.25, 0.3) is 10.9 Å². The molecule has 0 fully saturated rings. The van der Waals surface area contributed by atoms with Crippen LogP contribution in [0.1, 0.15) is 38.9 Å². The van der Waals surface area contributed by atoms with Crippen molar-refractivity contribution in [2.45, 2.75) is 12.5 Å². The highest BCUT2D eigenvalue weighted by Gasteiger charge is 2.33. The van der Waals surface area contributed by atoms with E-state index in [0.717, 1.165) is 39.2 Å². The van der Waals surface area contributed by atoms with Crippen LogP contribution >= 0.6 is 0 Å². The maximum Gasteiger partial charge on any atom is 0.337 e. The highest BCUT2D eigenvalue weighted by Crippen LogP contribution is 2.43. The zero-order chi connectivity index (χ0) is 18.8. The first kappa shape index (κ1) is 15.4. The quantitative estimate of drug-likeness (QED) is 0.492. The number of nitrogens with one attached hydrogen (secondary N) is 1. The van der Waals surface area contributed by atoms with Crippen LogP contribution in [0.2, 0.25) is 0 Å². The van der Waals surface area contributed by atoms with E-state index in [2.05, 4.69) is 21.7 Å². The Kier molecular flexibility index (Phi) is 2.98. The first-order valence-corrected chi connectivity index (χ1v) is 9.13. The second kappa shape index (κ2) is 5.42. The van der Waals surface area contributed by atoms with Crippen molar-refractivity contribution >= 4 is 16.9 Å². The normalized spacial score (nSPS) is 16.8. The van der Waals surface area contributed by atoms with E-state index in [4.69, 9.17) is 9.47 Å². The molecule has 0 saturated heterocycles. The summed E-state index contributed by atoms with van der Waals surface area (Å²) in [4.78, 5) is 15.4. The third-order valence-electron chi connectivity index (χ3n) is 5.71. The molecule has 28 heavy (non-hydrogen) atoms. The molecule has 0 spiro atoms. The maximum absolute atomic E-state index is 11.8. The number of fused-ring (bicyclic) bond motifs is 5. The lowest BCUT2D eigenvalue weighted by atomic mass is 9.92. The number of hydrogen-bond donors (Lipinski definition) is 2. The number of rotatable bonds is 2. The molecular weight excluding hydrogens is 356 g/mol. The van der Waals surface area contributed by atoms with Crippen LogP contribution < -0.4 is 9.47 Å². The number of nitrogens with zero attached hydrogens (tertiary/aromatic N) is 1. The first-order chi connectivity index (χ1) is 13.7. The van der Waals surface area contributed by atoms with Gasteiger partial charge in [0.05, 0.1) is 11.6 Å². The Bertz CT molecular complexity index is 1270. The summed E-state index contributed by atoms with van der Waals surface area (Å²) < 4.78 is 13.1. The summed E-state index contributed by atoms with van der Waals surface area (Å²) in [6.45, 7) is 0.221. The molecule has 2 aliphatic heterocycles. The number of benzene rings is 2. The van der Waals surface area contributed by atoms with Gasteiger partial charge in [0.2, 0.25) is 6.79 Å². The number of aromatic carboxylic acids is 1. The molecule has 0 bridgehead atoms. The van der Waals surface area contributed by atoms with E-state index in [1.165, 1.54) is 0 Å². The van der Waals surface area contributed by atoms with Crippen LogP contribution in [-0.4, -0.2) is 27.4 Å². The van der Waals surface area contributed by atoms with Crippen LogP contribution in [0.5, 0.6) is 11.5 Å². The molecule has 2 aromatic carbocycles. The Labute approximate surface area is 159 Å². The summed E-state index contributed by atoms with van der Waals surface area (Å²) in [6.07, 6.45) is 2.44. The molecule has 0 amide bonds. The Morgan fingerprint density at radius 1 is 1.11 bits per heavy atom. The van der Waals surface area contributed by atoms with Gasteiger partial charge in [-0.25, -0.2) is 4.79 Å². The molecule has 2 N–H and O–H groups in total. The number of carboxylic acids is 1. The van der Waals surface area contributed by atoms with Gasteiger partial charge in [-0.05, 0) is 35.4 Å². The number of ether oxygens (including phenoxy) is 2. The van der Waals surface area contributed by atoms with E-state index < -0.39 is 5.97 Å². The van der Waals surface area contributed by atoms with Crippen LogP contribution in [0.3, 0.4) is 0 Å². The molecule has 6 rings (SSSR count). The zero-order valence-electron chi connectivity index (χ0n) is 14.8. The molecule has 4 heterocycles. The molecule has 1 atom stereocenters. The van der Waals surface area contributed by atoms with E-state index >= 15 is 0 Å². The van der Waals surface area contributed by atoms with Gasteiger partial charge < -0.3 is 24.1 Å². The van der Waals surface area contributed by atoms with E-state index in [0.29, 0.717) is 17.7 Å². The van der Waals surface area contributed by atoms with Gasteiger partial charge in [0, 0.05) is 34.9 Å². The van der Waals surface area contributed by atoms with Gasteiger partial charge in [-0.1, -0.05) is 24.3 Å². The van der Waals surface area contributed by atoms with Crippen molar-refractivity contribution in [3.63, 3.8) is 0 Å². The number of hydrogen-bond acceptors (Lipinski definition) is 3. The topological polar surface area (TPSA) is 76.5 Å². The van der Waals surface area contributed by atoms with Gasteiger partial charge in [-0.15, -0.1) is 0 Å². The van der Waals surface area contributed by atoms with Crippen LogP contribution in [0, 0.1) is 0 Å². The minimum atomic E-state index is -0.901. The monoisotopic (exact) mass is 372 g/mol. The summed E-state index contributed by atoms with van der Waals surface area (Å²) in [5, 5.41) is 10.8. The first-order valence-electron chi connectivity index (χ1n) is 9.13. The Morgan fingerprint density at radius 3 is 2.86 bits per heavy atom. The van der Waals surface area contributed by atoms with Crippen molar-refractivity contribution in [2.24, 2.45) is 0 Å². The molecule has 2 aromatic heterocycles. The standard InChI is InChI=1S/C22H16N2O4/c25-22(26)14-7-8-24-17(14)10-15-13-3-1-2-4-16(13)23-20(15)21(24)12-5-6-18-19(9-12)28-11-27-18/h1-9,21,23H,10-11H2,(H,25,26). The van der Waals surface area contributed by atoms with Crippen molar-refractivity contribution in [1.29, 1.82) is 0 Å². The number of H-pyrrole nitrogens is 1. The predicted molar refractivity (Wildman–Crippen MR) is 102 cm³/mol. The summed E-state index contributed by atoms with van der Waals surface area (Å²) in [5.74, 6) is 0.546. The van der Waals surface area contributed by atoms with Gasteiger partial charge in [0.25, 0.3) is 0 Å². The van der Waals surface area contributed by atoms with Crippen molar-refractivity contribution in [3.05, 3.63) is 82.8 Å². The van der Waals surface area contributed by atoms with Crippen molar-refractivity contribution in [3.8, 4) is 11.5 Å². The Morgan fingerprint density at radius 2 is 1.96 bits per heavy atom. The molecule has 0 saturated carbocycles. The van der Waals surface area contributed by atoms with E-state index in [1.54, 1.807) is 6.07 Å². The molecule has 6 nitrogen and oxygen atoms in total. The minimum absolute atomic E-state index is 0.159. The minimum Gasteiger partial charge on any atom is -0.478 e. The number of aromatic nitrogens is 2. The number of aromatic amines is 1. The third kappa shape index (κ3) is 2.00. The smallest absolute Gasteiger partial charge is 0.337 e. The molecule has 0 radical (unpaired) electrons. The lowest BCUT2D eigenvalue weighted by molar-refractivity contribution is 0.0695. The van der Waals surface area contributed by atoms with Crippen molar-refractivity contribution in [2.75, 3.05) is 6.79 Å². The van der Waals surface area contributed by atoms with Gasteiger partial charge >= 0.3 is 5.97 Å². The largest absolute Gasteiger partial charge is 0.478 e. The molecule has 2 aliphatic rings. The van der Waals surface area contributed by atoms with Gasteiger partial charge in [-0.3, -0.25) is 0 Å². The van der Waals surface area contributed by atoms with Gasteiger partial charge in [0.15, 0.2) is 11.5 Å². The highest BCUT2D eigenvalue weighted by atomic mass is 16.7. The maximum atomic E-state index is 11.8. The predicted octanol–water partition coefficient (Wildman–Crippen LogP) is 3.94. The molecule has 6 heteroatoms. The van der Waals surface area contributed by atoms with Crippen molar-refractivity contribution < 1.29 is 19.4 Å². The van der Waals surface area contributed by atoms with E-state index in [-0.39, 0.29) is 12.8 Å². The fourth-order valence-corrected chi connectivity index (χ4v) is 4.46. The second-order valence-electron chi connectivity index (χ2n) is 7.14. The fraction of sp³-hybridized carbons (Fsp3) is 0.136. The number of carbonyl (C=O) groups is 1. The summed E-state index contributed by atoms with van der Waals surface area (Å²) in [7, 11) is 0. The summed E-state index contributed by atoms with van der Waals surface area (Å²) in [6, 6.07) is 15.6. The molecule has 138 valence electrons. The average Bonchev–Trinajstić information content (AvgIpc) is 3.41. The lowest BCUT2D eigenvalue weighted by Gasteiger charge is -2.28. The third-order valence-corrected chi connectivity index (χ3v) is 5.71. The summed E-state index contributed by atoms with van der Waals surface area (Å²) in [5.41, 5.74) is 5.47. The van der Waals surface area contributed by atoms with E-state index in [9.17, 15) is 9.90 Å². The van der Waals surface area contributed by atoms with Crippen LogP contribution in [-0.2, 0) is 6.42 Å². The number of para-hydroxylation sites is 1. The van der Waals surface area contributed by atoms with E-state index in [1.807, 2.05) is 36.5 Å². The Balaban J connectivity index is 1.63. The second-order valence-corrected chi connectivity index (χ2v) is 7.14. The van der Waals surface area contributed by atoms with Gasteiger partial charge in [0.1, 0.15) is 0 Å². The van der Waals surface area contributed by atoms with Crippen molar-refractivity contribution in [1.82, 2.24) is 9.55 Å². The fourth-order valence-electron chi connectivity index (χ4n) is 4.46. The molecule has 0 aliphatic carbocycles. The SMILES string of the molecule is O=C(O)c1ccn2c1Cc1c([nH]c3ccccc13)C2c1ccc2c(c1)OCO2. The molecule has 4 aromatic rings. The zero-order valence-corrected chi connectivity index (χ0v) is 14.8. The summed E-state index contributed by atoms with van der Waals surface area (Å²) >= 11 is 0. The molecular formula is C22H16N2O4. The Hall–Kier alpha value is -3.67. The lowest BCUT2D eigenvalue weighted by Crippen LogP contribution is -2.22. The van der Waals surface area contributed by atoms with Crippen LogP contribution in [0.4, 0.5) is 0 Å². The molecule has 1 unspecified atom stereocenters.